The van der Waals surface area contributed by atoms with E-state index in [0.717, 1.165) is 38.5 Å². The first-order valence-corrected chi connectivity index (χ1v) is 39.1. The van der Waals surface area contributed by atoms with Crippen LogP contribution in [0.4, 0.5) is 0 Å². The van der Waals surface area contributed by atoms with Crippen molar-refractivity contribution in [1.29, 1.82) is 0 Å². The molecule has 0 radical (unpaired) electrons. The van der Waals surface area contributed by atoms with Gasteiger partial charge in [0.05, 0.1) is 25.4 Å². The molecule has 0 aliphatic heterocycles. The van der Waals surface area contributed by atoms with Crippen molar-refractivity contribution in [3.63, 3.8) is 0 Å². The Morgan fingerprint density at radius 2 is 0.553 bits per heavy atom. The number of amides is 1. The quantitative estimate of drug-likeness (QED) is 0.0320. The maximum absolute atomic E-state index is 12.5. The molecule has 3 N–H and O–H groups in total. The fourth-order valence-electron chi connectivity index (χ4n) is 12.5. The molecule has 0 aromatic carbocycles. The summed E-state index contributed by atoms with van der Waals surface area (Å²) < 4.78 is 5.51. The third-order valence-corrected chi connectivity index (χ3v) is 18.5. The molecule has 504 valence electrons. The molecular formula is C79H153NO5. The Balaban J connectivity index is 3.32. The first kappa shape index (κ1) is 83.3. The molecule has 0 aliphatic rings. The second-order valence-corrected chi connectivity index (χ2v) is 27.0. The number of esters is 1. The maximum Gasteiger partial charge on any atom is 0.305 e. The van der Waals surface area contributed by atoms with Gasteiger partial charge in [0.15, 0.2) is 0 Å². The van der Waals surface area contributed by atoms with E-state index in [1.54, 1.807) is 6.08 Å². The molecule has 1 amide bonds. The van der Waals surface area contributed by atoms with E-state index in [2.05, 4.69) is 31.3 Å². The molecule has 0 aromatic heterocycles. The number of carbonyl (C=O) groups is 2. The molecule has 0 fully saturated rings. The van der Waals surface area contributed by atoms with Crippen LogP contribution in [0.25, 0.3) is 0 Å². The van der Waals surface area contributed by atoms with E-state index >= 15 is 0 Å². The number of aliphatic hydroxyl groups excluding tert-OH is 2. The molecule has 0 bridgehead atoms. The van der Waals surface area contributed by atoms with Gasteiger partial charge in [-0.05, 0) is 57.8 Å². The van der Waals surface area contributed by atoms with E-state index < -0.39 is 12.1 Å². The minimum Gasteiger partial charge on any atom is -0.466 e. The van der Waals surface area contributed by atoms with Crippen LogP contribution in [0.2, 0.25) is 0 Å². The van der Waals surface area contributed by atoms with Crippen LogP contribution in [-0.4, -0.2) is 47.4 Å². The Bertz CT molecular complexity index is 1330. The van der Waals surface area contributed by atoms with Crippen LogP contribution in [-0.2, 0) is 14.3 Å². The second-order valence-electron chi connectivity index (χ2n) is 27.0. The van der Waals surface area contributed by atoms with Crippen molar-refractivity contribution in [3.8, 4) is 0 Å². The van der Waals surface area contributed by atoms with Crippen molar-refractivity contribution < 1.29 is 24.5 Å². The summed E-state index contributed by atoms with van der Waals surface area (Å²) in [6, 6.07) is -0.624. The van der Waals surface area contributed by atoms with Gasteiger partial charge in [0.1, 0.15) is 0 Å². The van der Waals surface area contributed by atoms with Gasteiger partial charge < -0.3 is 20.3 Å². The Labute approximate surface area is 532 Å². The highest BCUT2D eigenvalue weighted by Crippen LogP contribution is 2.20. The largest absolute Gasteiger partial charge is 0.466 e. The average molecular weight is 1200 g/mol. The van der Waals surface area contributed by atoms with E-state index in [9.17, 15) is 19.8 Å². The molecule has 85 heavy (non-hydrogen) atoms. The van der Waals surface area contributed by atoms with Crippen molar-refractivity contribution in [2.45, 2.75) is 456 Å². The van der Waals surface area contributed by atoms with Crippen molar-refractivity contribution in [3.05, 3.63) is 24.3 Å². The Hall–Kier alpha value is -1.66. The van der Waals surface area contributed by atoms with Gasteiger partial charge in [-0.3, -0.25) is 9.59 Å². The summed E-state index contributed by atoms with van der Waals surface area (Å²) in [5.74, 6) is -0.0354. The maximum atomic E-state index is 12.5. The normalized spacial score (nSPS) is 12.6. The number of ether oxygens (including phenoxy) is 1. The minimum absolute atomic E-state index is 0.0256. The zero-order chi connectivity index (χ0) is 61.3. The number of nitrogens with one attached hydrogen (secondary N) is 1. The van der Waals surface area contributed by atoms with Crippen LogP contribution >= 0.6 is 0 Å². The minimum atomic E-state index is -0.841. The molecule has 2 unspecified atom stereocenters. The summed E-state index contributed by atoms with van der Waals surface area (Å²) in [7, 11) is 0. The van der Waals surface area contributed by atoms with Crippen LogP contribution < -0.4 is 5.32 Å². The lowest BCUT2D eigenvalue weighted by Gasteiger charge is -2.20. The van der Waals surface area contributed by atoms with Gasteiger partial charge in [-0.1, -0.05) is 398 Å². The fourth-order valence-corrected chi connectivity index (χ4v) is 12.5. The van der Waals surface area contributed by atoms with Gasteiger partial charge >= 0.3 is 5.97 Å². The zero-order valence-corrected chi connectivity index (χ0v) is 57.9. The lowest BCUT2D eigenvalue weighted by atomic mass is 10.0. The van der Waals surface area contributed by atoms with Gasteiger partial charge in [-0.25, -0.2) is 0 Å². The molecule has 0 saturated carbocycles. The number of rotatable bonds is 74. The summed E-state index contributed by atoms with van der Waals surface area (Å²) in [5, 5.41) is 23.2. The Morgan fingerprint density at radius 3 is 0.835 bits per heavy atom. The van der Waals surface area contributed by atoms with Gasteiger partial charge in [-0.15, -0.1) is 0 Å². The van der Waals surface area contributed by atoms with E-state index in [-0.39, 0.29) is 18.5 Å². The van der Waals surface area contributed by atoms with Crippen LogP contribution in [0.15, 0.2) is 24.3 Å². The van der Waals surface area contributed by atoms with Gasteiger partial charge in [0.2, 0.25) is 5.91 Å². The standard InChI is InChI=1S/C79H153NO5/c1-3-5-7-9-11-13-15-17-19-45-49-53-57-61-65-69-73-79(84)85-74-70-66-62-58-54-50-46-42-40-38-36-34-32-30-28-26-24-22-20-21-23-25-27-29-31-33-35-37-39-41-44-48-52-56-60-64-68-72-78(83)80-76(75-81)77(82)71-67-63-59-55-51-47-43-18-16-14-12-10-8-6-4-2/h20,22,67,71,76-77,81-82H,3-19,21,23-66,68-70,72-75H2,1-2H3,(H,80,83)/b22-20-,71-67+. The van der Waals surface area contributed by atoms with Crippen molar-refractivity contribution in [1.82, 2.24) is 5.32 Å². The van der Waals surface area contributed by atoms with E-state index in [1.807, 2.05) is 6.08 Å². The third kappa shape index (κ3) is 71.3. The number of carbonyl (C=O) groups excluding carboxylic acids is 2. The molecule has 0 saturated heterocycles. The number of hydrogen-bond acceptors (Lipinski definition) is 5. The van der Waals surface area contributed by atoms with Gasteiger partial charge in [-0.2, -0.15) is 0 Å². The predicted octanol–water partition coefficient (Wildman–Crippen LogP) is 25.7. The van der Waals surface area contributed by atoms with Crippen LogP contribution in [0.3, 0.4) is 0 Å². The Morgan fingerprint density at radius 1 is 0.318 bits per heavy atom. The molecule has 0 aromatic rings. The summed E-state index contributed by atoms with van der Waals surface area (Å²) >= 11 is 0. The molecule has 0 rings (SSSR count). The average Bonchev–Trinajstić information content (AvgIpc) is 3.51. The third-order valence-electron chi connectivity index (χ3n) is 18.5. The first-order valence-electron chi connectivity index (χ1n) is 39.1. The molecule has 6 nitrogen and oxygen atoms in total. The molecule has 0 heterocycles. The molecular weight excluding hydrogens is 1040 g/mol. The highest BCUT2D eigenvalue weighted by molar-refractivity contribution is 5.76. The number of unbranched alkanes of at least 4 members (excludes halogenated alkanes) is 61. The van der Waals surface area contributed by atoms with Gasteiger partial charge in [0, 0.05) is 12.8 Å². The lowest BCUT2D eigenvalue weighted by Crippen LogP contribution is -2.45. The summed E-state index contributed by atoms with van der Waals surface area (Å²) in [6.45, 7) is 4.95. The van der Waals surface area contributed by atoms with Crippen LogP contribution in [0.5, 0.6) is 0 Å². The fraction of sp³-hybridized carbons (Fsp3) is 0.924. The van der Waals surface area contributed by atoms with Gasteiger partial charge in [0.25, 0.3) is 0 Å². The molecule has 0 spiro atoms. The summed E-state index contributed by atoms with van der Waals surface area (Å²) in [4.78, 5) is 24.6. The highest BCUT2D eigenvalue weighted by Gasteiger charge is 2.18. The SMILES string of the molecule is CCCCCCCCCCCCCCC/C=C/C(O)C(CO)NC(=O)CCCCCCCCCCCCCCCCCCC/C=C\CCCCCCCCCCCCCCCCCCOC(=O)CCCCCCCCCCCCCCCCCC. The summed E-state index contributed by atoms with van der Waals surface area (Å²) in [5.41, 5.74) is 0. The number of hydrogen-bond donors (Lipinski definition) is 3. The van der Waals surface area contributed by atoms with Crippen molar-refractivity contribution >= 4 is 11.9 Å². The first-order chi connectivity index (χ1) is 42.0. The second kappa shape index (κ2) is 74.8. The molecule has 2 atom stereocenters. The smallest absolute Gasteiger partial charge is 0.305 e. The predicted molar refractivity (Wildman–Crippen MR) is 375 cm³/mol. The number of allylic oxidation sites excluding steroid dienone is 3. The lowest BCUT2D eigenvalue weighted by molar-refractivity contribution is -0.143. The van der Waals surface area contributed by atoms with E-state index in [1.165, 1.54) is 379 Å². The molecule has 6 heteroatoms. The van der Waals surface area contributed by atoms with E-state index in [4.69, 9.17) is 4.74 Å². The highest BCUT2D eigenvalue weighted by atomic mass is 16.5. The summed E-state index contributed by atoms with van der Waals surface area (Å²) in [6.07, 6.45) is 95.9. The Kier molecular flexibility index (Phi) is 73.3. The molecule has 0 aliphatic carbocycles. The topological polar surface area (TPSA) is 95.9 Å². The number of aliphatic hydroxyl groups is 2. The van der Waals surface area contributed by atoms with Crippen LogP contribution in [0.1, 0.15) is 444 Å². The van der Waals surface area contributed by atoms with E-state index in [0.29, 0.717) is 19.4 Å². The van der Waals surface area contributed by atoms with Crippen LogP contribution in [0, 0.1) is 0 Å². The monoisotopic (exact) mass is 1200 g/mol. The van der Waals surface area contributed by atoms with Crippen molar-refractivity contribution in [2.24, 2.45) is 0 Å². The zero-order valence-electron chi connectivity index (χ0n) is 57.9. The van der Waals surface area contributed by atoms with Crippen molar-refractivity contribution in [2.75, 3.05) is 13.2 Å².